The third-order valence-electron chi connectivity index (χ3n) is 4.39. The maximum absolute atomic E-state index is 11.8. The Morgan fingerprint density at radius 1 is 1.18 bits per heavy atom. The molecule has 152 valence electrons. The van der Waals surface area contributed by atoms with Crippen LogP contribution in [0.4, 0.5) is 0 Å². The van der Waals surface area contributed by atoms with E-state index in [0.717, 1.165) is 35.4 Å². The van der Waals surface area contributed by atoms with Gasteiger partial charge in [-0.1, -0.05) is 25.1 Å². The molecule has 0 amide bonds. The molecular weight excluding hydrogens is 360 g/mol. The Kier molecular flexibility index (Phi) is 7.86. The molecule has 0 atom stereocenters. The van der Waals surface area contributed by atoms with Crippen molar-refractivity contribution in [1.29, 1.82) is 0 Å². The molecule has 1 heterocycles. The van der Waals surface area contributed by atoms with Crippen LogP contribution in [0, 0.1) is 0 Å². The van der Waals surface area contributed by atoms with E-state index < -0.39 is 5.97 Å². The minimum atomic E-state index is -0.430. The van der Waals surface area contributed by atoms with Crippen LogP contribution >= 0.6 is 0 Å². The molecule has 0 fully saturated rings. The molecule has 0 aliphatic rings. The fourth-order valence-electron chi connectivity index (χ4n) is 2.84. The van der Waals surface area contributed by atoms with Crippen LogP contribution in [-0.4, -0.2) is 38.4 Å². The highest BCUT2D eigenvalue weighted by Gasteiger charge is 2.15. The van der Waals surface area contributed by atoms with Crippen LogP contribution in [-0.2, 0) is 30.7 Å². The van der Waals surface area contributed by atoms with Crippen molar-refractivity contribution in [2.24, 2.45) is 4.99 Å². The number of guanidine groups is 1. The first-order valence-corrected chi connectivity index (χ1v) is 9.23. The first kappa shape index (κ1) is 21.3. The number of benzene rings is 1. The smallest absolute Gasteiger partial charge is 0.341 e. The highest BCUT2D eigenvalue weighted by atomic mass is 16.5. The van der Waals surface area contributed by atoms with Gasteiger partial charge >= 0.3 is 5.97 Å². The molecule has 1 aromatic carbocycles. The average Bonchev–Trinajstić information content (AvgIpc) is 3.14. The van der Waals surface area contributed by atoms with Crippen LogP contribution in [0.3, 0.4) is 0 Å². The summed E-state index contributed by atoms with van der Waals surface area (Å²) < 4.78 is 15.5. The number of rotatable bonds is 8. The summed E-state index contributed by atoms with van der Waals surface area (Å²) in [5.41, 5.74) is 3.38. The highest BCUT2D eigenvalue weighted by molar-refractivity contribution is 5.92. The number of aryl methyl sites for hydroxylation is 2. The molecule has 28 heavy (non-hydrogen) atoms. The number of nitrogens with zero attached hydrogens (tertiary/aromatic N) is 2. The van der Waals surface area contributed by atoms with E-state index in [2.05, 4.69) is 27.7 Å². The van der Waals surface area contributed by atoms with Gasteiger partial charge in [-0.2, -0.15) is 0 Å². The van der Waals surface area contributed by atoms with Crippen LogP contribution in [0.2, 0.25) is 0 Å². The lowest BCUT2D eigenvalue weighted by Gasteiger charge is -2.13. The Hall–Kier alpha value is -3.03. The Morgan fingerprint density at radius 2 is 1.93 bits per heavy atom. The molecule has 0 radical (unpaired) electrons. The van der Waals surface area contributed by atoms with E-state index in [1.165, 1.54) is 14.2 Å². The minimum Gasteiger partial charge on any atom is -0.496 e. The molecule has 0 spiro atoms. The largest absolute Gasteiger partial charge is 0.496 e. The van der Waals surface area contributed by atoms with E-state index in [-0.39, 0.29) is 0 Å². The number of carbonyl (C=O) groups is 1. The summed E-state index contributed by atoms with van der Waals surface area (Å²) in [5, 5.41) is 10.7. The van der Waals surface area contributed by atoms with Crippen LogP contribution in [0.15, 0.2) is 27.7 Å². The Balaban J connectivity index is 2.01. The molecule has 0 bridgehead atoms. The van der Waals surface area contributed by atoms with Crippen LogP contribution in [0.5, 0.6) is 5.75 Å². The van der Waals surface area contributed by atoms with Gasteiger partial charge in [0.15, 0.2) is 5.96 Å². The number of nitrogens with one attached hydrogen (secondary N) is 2. The molecule has 0 unspecified atom stereocenters. The van der Waals surface area contributed by atoms with Crippen LogP contribution < -0.4 is 15.4 Å². The van der Waals surface area contributed by atoms with Crippen molar-refractivity contribution in [2.45, 2.75) is 39.8 Å². The van der Waals surface area contributed by atoms with Gasteiger partial charge in [-0.3, -0.25) is 4.99 Å². The number of hydrogen-bond acceptors (Lipinski definition) is 6. The highest BCUT2D eigenvalue weighted by Crippen LogP contribution is 2.21. The second-order valence-corrected chi connectivity index (χ2v) is 6.04. The van der Waals surface area contributed by atoms with Crippen molar-refractivity contribution in [2.75, 3.05) is 21.3 Å². The van der Waals surface area contributed by atoms with Gasteiger partial charge in [0.25, 0.3) is 0 Å². The fraction of sp³-hybridized carbons (Fsp3) is 0.450. The van der Waals surface area contributed by atoms with Gasteiger partial charge in [0.2, 0.25) is 0 Å². The van der Waals surface area contributed by atoms with E-state index in [1.54, 1.807) is 19.2 Å². The standard InChI is InChI=1S/C20H28N4O4/c1-6-16-15(17(7-2)28-24-16)12-23-20(21-3)22-11-13-8-9-14(19(25)27-5)18(10-13)26-4/h8-10H,6-7,11-12H2,1-5H3,(H2,21,22,23). The summed E-state index contributed by atoms with van der Waals surface area (Å²) in [4.78, 5) is 16.0. The molecule has 0 aliphatic heterocycles. The number of ether oxygens (including phenoxy) is 2. The molecule has 2 aromatic rings. The third-order valence-corrected chi connectivity index (χ3v) is 4.39. The first-order chi connectivity index (χ1) is 13.6. The second-order valence-electron chi connectivity index (χ2n) is 6.04. The van der Waals surface area contributed by atoms with Crippen molar-refractivity contribution in [1.82, 2.24) is 15.8 Å². The summed E-state index contributed by atoms with van der Waals surface area (Å²) >= 11 is 0. The number of carbonyl (C=O) groups excluding carboxylic acids is 1. The summed E-state index contributed by atoms with van der Waals surface area (Å²) in [6.45, 7) is 5.20. The number of aliphatic imine (C=N–C) groups is 1. The monoisotopic (exact) mass is 388 g/mol. The Bertz CT molecular complexity index is 808. The van der Waals surface area contributed by atoms with Crippen molar-refractivity contribution in [3.05, 3.63) is 46.3 Å². The number of methoxy groups -OCH3 is 2. The zero-order valence-electron chi connectivity index (χ0n) is 17.1. The lowest BCUT2D eigenvalue weighted by molar-refractivity contribution is 0.0597. The molecular formula is C20H28N4O4. The lowest BCUT2D eigenvalue weighted by atomic mass is 10.1. The van der Waals surface area contributed by atoms with Crippen molar-refractivity contribution in [3.63, 3.8) is 0 Å². The third kappa shape index (κ3) is 5.03. The topological polar surface area (TPSA) is 98.0 Å². The summed E-state index contributed by atoms with van der Waals surface area (Å²) in [7, 11) is 4.58. The van der Waals surface area contributed by atoms with Gasteiger partial charge in [0.1, 0.15) is 17.1 Å². The molecule has 2 rings (SSSR count). The molecule has 8 heteroatoms. The second kappa shape index (κ2) is 10.3. The van der Waals surface area contributed by atoms with Crippen molar-refractivity contribution < 1.29 is 18.8 Å². The van der Waals surface area contributed by atoms with Gasteiger partial charge in [0.05, 0.1) is 19.9 Å². The van der Waals surface area contributed by atoms with Gasteiger partial charge in [-0.15, -0.1) is 0 Å². The number of esters is 1. The van der Waals surface area contributed by atoms with Gasteiger partial charge in [-0.25, -0.2) is 4.79 Å². The minimum absolute atomic E-state index is 0.392. The SMILES string of the molecule is CCc1noc(CC)c1CNC(=NC)NCc1ccc(C(=O)OC)c(OC)c1. The van der Waals surface area contributed by atoms with Crippen LogP contribution in [0.25, 0.3) is 0 Å². The fourth-order valence-corrected chi connectivity index (χ4v) is 2.84. The lowest BCUT2D eigenvalue weighted by Crippen LogP contribution is -2.36. The first-order valence-electron chi connectivity index (χ1n) is 9.23. The zero-order valence-corrected chi connectivity index (χ0v) is 17.1. The molecule has 0 aliphatic carbocycles. The van der Waals surface area contributed by atoms with Crippen molar-refractivity contribution in [3.8, 4) is 5.75 Å². The quantitative estimate of drug-likeness (QED) is 0.407. The van der Waals surface area contributed by atoms with E-state index in [9.17, 15) is 4.79 Å². The Morgan fingerprint density at radius 3 is 2.54 bits per heavy atom. The molecule has 8 nitrogen and oxygen atoms in total. The summed E-state index contributed by atoms with van der Waals surface area (Å²) in [6.07, 6.45) is 1.61. The predicted octanol–water partition coefficient (Wildman–Crippen LogP) is 2.46. The van der Waals surface area contributed by atoms with Crippen LogP contribution in [0.1, 0.15) is 46.8 Å². The van der Waals surface area contributed by atoms with Gasteiger partial charge in [0, 0.05) is 32.1 Å². The number of hydrogen-bond donors (Lipinski definition) is 2. The maximum Gasteiger partial charge on any atom is 0.341 e. The van der Waals surface area contributed by atoms with E-state index in [0.29, 0.717) is 30.4 Å². The predicted molar refractivity (Wildman–Crippen MR) is 107 cm³/mol. The summed E-state index contributed by atoms with van der Waals surface area (Å²) in [6, 6.07) is 5.34. The van der Waals surface area contributed by atoms with Gasteiger partial charge < -0.3 is 24.6 Å². The Labute approximate surface area is 165 Å². The maximum atomic E-state index is 11.8. The van der Waals surface area contributed by atoms with Crippen molar-refractivity contribution >= 4 is 11.9 Å². The normalized spacial score (nSPS) is 11.2. The molecule has 1 aromatic heterocycles. The van der Waals surface area contributed by atoms with E-state index in [1.807, 2.05) is 13.0 Å². The summed E-state index contributed by atoms with van der Waals surface area (Å²) in [5.74, 6) is 1.59. The number of aromatic nitrogens is 1. The zero-order chi connectivity index (χ0) is 20.5. The average molecular weight is 388 g/mol. The molecule has 2 N–H and O–H groups in total. The molecule has 0 saturated carbocycles. The van der Waals surface area contributed by atoms with Gasteiger partial charge in [-0.05, 0) is 24.1 Å². The van der Waals surface area contributed by atoms with E-state index in [4.69, 9.17) is 14.0 Å². The van der Waals surface area contributed by atoms with E-state index >= 15 is 0 Å². The molecule has 0 saturated heterocycles.